The summed E-state index contributed by atoms with van der Waals surface area (Å²) in [6.45, 7) is 0. The highest BCUT2D eigenvalue weighted by Gasteiger charge is 2.20. The smallest absolute Gasteiger partial charge is 0.143 e. The number of fused-ring (bicyclic) bond motifs is 1. The molecule has 0 radical (unpaired) electrons. The molecular formula is C20H24N2O2. The topological polar surface area (TPSA) is 34.1 Å². The van der Waals surface area contributed by atoms with Crippen LogP contribution in [-0.4, -0.2) is 40.6 Å². The second kappa shape index (κ2) is 6.95. The van der Waals surface area contributed by atoms with Gasteiger partial charge in [0.2, 0.25) is 0 Å². The third-order valence-electron chi connectivity index (χ3n) is 4.47. The molecular weight excluding hydrogens is 300 g/mol. The standard InChI is InChI=1S/C20H24N2O2/c1-22(2)18-12-19(23-3)16(11-20(18)24-4)13-21-17-9-14-7-5-6-8-15(14)10-17/h5-8,11-13,17H,9-10H2,1-4H3. The van der Waals surface area contributed by atoms with E-state index in [1.165, 1.54) is 11.1 Å². The molecule has 0 bridgehead atoms. The van der Waals surface area contributed by atoms with Crippen molar-refractivity contribution in [1.82, 2.24) is 0 Å². The zero-order valence-corrected chi connectivity index (χ0v) is 14.7. The first-order valence-corrected chi connectivity index (χ1v) is 8.15. The van der Waals surface area contributed by atoms with E-state index in [1.54, 1.807) is 14.2 Å². The molecule has 4 heteroatoms. The summed E-state index contributed by atoms with van der Waals surface area (Å²) in [4.78, 5) is 6.80. The first-order chi connectivity index (χ1) is 11.6. The van der Waals surface area contributed by atoms with Gasteiger partial charge in [0.05, 0.1) is 25.9 Å². The predicted molar refractivity (Wildman–Crippen MR) is 99.1 cm³/mol. The van der Waals surface area contributed by atoms with Crippen molar-refractivity contribution in [3.63, 3.8) is 0 Å². The molecule has 0 spiro atoms. The average Bonchev–Trinajstić information content (AvgIpc) is 3.01. The van der Waals surface area contributed by atoms with Crippen LogP contribution in [-0.2, 0) is 12.8 Å². The van der Waals surface area contributed by atoms with Crippen LogP contribution in [0, 0.1) is 0 Å². The van der Waals surface area contributed by atoms with Crippen LogP contribution in [0.15, 0.2) is 41.4 Å². The molecule has 0 aromatic heterocycles. The lowest BCUT2D eigenvalue weighted by Crippen LogP contribution is -2.11. The highest BCUT2D eigenvalue weighted by Crippen LogP contribution is 2.34. The number of anilines is 1. The highest BCUT2D eigenvalue weighted by molar-refractivity contribution is 5.86. The summed E-state index contributed by atoms with van der Waals surface area (Å²) in [5.41, 5.74) is 4.75. The fraction of sp³-hybridized carbons (Fsp3) is 0.350. The van der Waals surface area contributed by atoms with Gasteiger partial charge in [0.25, 0.3) is 0 Å². The number of rotatable bonds is 5. The van der Waals surface area contributed by atoms with Gasteiger partial charge in [-0.1, -0.05) is 24.3 Å². The minimum atomic E-state index is 0.298. The van der Waals surface area contributed by atoms with Gasteiger partial charge in [-0.2, -0.15) is 0 Å². The number of aliphatic imine (C=N–C) groups is 1. The van der Waals surface area contributed by atoms with E-state index in [1.807, 2.05) is 37.3 Å². The Labute approximate surface area is 143 Å². The molecule has 0 saturated heterocycles. The maximum absolute atomic E-state index is 5.54. The molecule has 0 heterocycles. The molecule has 2 aromatic rings. The van der Waals surface area contributed by atoms with Crippen LogP contribution >= 0.6 is 0 Å². The Balaban J connectivity index is 1.85. The van der Waals surface area contributed by atoms with Crippen molar-refractivity contribution in [3.8, 4) is 11.5 Å². The lowest BCUT2D eigenvalue weighted by Gasteiger charge is -2.19. The molecule has 1 aliphatic carbocycles. The number of methoxy groups -OCH3 is 2. The zero-order chi connectivity index (χ0) is 17.1. The van der Waals surface area contributed by atoms with E-state index in [0.29, 0.717) is 6.04 Å². The lowest BCUT2D eigenvalue weighted by atomic mass is 10.1. The molecule has 0 atom stereocenters. The number of hydrogen-bond donors (Lipinski definition) is 0. The zero-order valence-electron chi connectivity index (χ0n) is 14.7. The fourth-order valence-electron chi connectivity index (χ4n) is 3.18. The van der Waals surface area contributed by atoms with Crippen LogP contribution in [0.2, 0.25) is 0 Å². The van der Waals surface area contributed by atoms with Crippen molar-refractivity contribution in [2.75, 3.05) is 33.2 Å². The molecule has 0 saturated carbocycles. The predicted octanol–water partition coefficient (Wildman–Crippen LogP) is 3.36. The van der Waals surface area contributed by atoms with Crippen LogP contribution in [0.4, 0.5) is 5.69 Å². The fourth-order valence-corrected chi connectivity index (χ4v) is 3.18. The first-order valence-electron chi connectivity index (χ1n) is 8.15. The Bertz CT molecular complexity index is 728. The van der Waals surface area contributed by atoms with Crippen molar-refractivity contribution < 1.29 is 9.47 Å². The van der Waals surface area contributed by atoms with Gasteiger partial charge >= 0.3 is 0 Å². The van der Waals surface area contributed by atoms with Crippen molar-refractivity contribution in [1.29, 1.82) is 0 Å². The van der Waals surface area contributed by atoms with Crippen LogP contribution in [0.25, 0.3) is 0 Å². The summed E-state index contributed by atoms with van der Waals surface area (Å²) in [6.07, 6.45) is 3.92. The minimum absolute atomic E-state index is 0.298. The Kier molecular flexibility index (Phi) is 4.74. The number of ether oxygens (including phenoxy) is 2. The van der Waals surface area contributed by atoms with Crippen molar-refractivity contribution in [2.24, 2.45) is 4.99 Å². The molecule has 0 N–H and O–H groups in total. The van der Waals surface area contributed by atoms with E-state index in [2.05, 4.69) is 24.3 Å². The van der Waals surface area contributed by atoms with Gasteiger partial charge in [0.1, 0.15) is 11.5 Å². The molecule has 2 aromatic carbocycles. The minimum Gasteiger partial charge on any atom is -0.496 e. The number of hydrogen-bond acceptors (Lipinski definition) is 4. The lowest BCUT2D eigenvalue weighted by molar-refractivity contribution is 0.403. The van der Waals surface area contributed by atoms with E-state index < -0.39 is 0 Å². The molecule has 4 nitrogen and oxygen atoms in total. The molecule has 24 heavy (non-hydrogen) atoms. The second-order valence-electron chi connectivity index (χ2n) is 6.27. The maximum Gasteiger partial charge on any atom is 0.143 e. The molecule has 126 valence electrons. The number of benzene rings is 2. The van der Waals surface area contributed by atoms with E-state index in [4.69, 9.17) is 14.5 Å². The third-order valence-corrected chi connectivity index (χ3v) is 4.47. The van der Waals surface area contributed by atoms with Gasteiger partial charge in [0, 0.05) is 31.9 Å². The summed E-state index contributed by atoms with van der Waals surface area (Å²) in [7, 11) is 7.34. The summed E-state index contributed by atoms with van der Waals surface area (Å²) >= 11 is 0. The maximum atomic E-state index is 5.54. The van der Waals surface area contributed by atoms with Gasteiger partial charge in [-0.05, 0) is 30.0 Å². The summed E-state index contributed by atoms with van der Waals surface area (Å²) < 4.78 is 11.0. The van der Waals surface area contributed by atoms with Gasteiger partial charge in [-0.25, -0.2) is 0 Å². The van der Waals surface area contributed by atoms with E-state index in [9.17, 15) is 0 Å². The molecule has 3 rings (SSSR count). The van der Waals surface area contributed by atoms with Gasteiger partial charge < -0.3 is 14.4 Å². The van der Waals surface area contributed by atoms with Crippen molar-refractivity contribution in [2.45, 2.75) is 18.9 Å². The Morgan fingerprint density at radius 2 is 1.62 bits per heavy atom. The molecule has 0 aliphatic heterocycles. The summed E-state index contributed by atoms with van der Waals surface area (Å²) in [5, 5.41) is 0. The van der Waals surface area contributed by atoms with Gasteiger partial charge in [0.15, 0.2) is 0 Å². The van der Waals surface area contributed by atoms with Crippen molar-refractivity contribution in [3.05, 3.63) is 53.1 Å². The molecule has 0 unspecified atom stereocenters. The third kappa shape index (κ3) is 3.23. The average molecular weight is 324 g/mol. The highest BCUT2D eigenvalue weighted by atomic mass is 16.5. The number of nitrogens with zero attached hydrogens (tertiary/aromatic N) is 2. The Hall–Kier alpha value is -2.49. The largest absolute Gasteiger partial charge is 0.496 e. The first kappa shape index (κ1) is 16.4. The monoisotopic (exact) mass is 324 g/mol. The SMILES string of the molecule is COc1cc(N(C)C)c(OC)cc1C=NC1Cc2ccccc2C1. The van der Waals surface area contributed by atoms with E-state index in [-0.39, 0.29) is 0 Å². The van der Waals surface area contributed by atoms with Crippen LogP contribution in [0.3, 0.4) is 0 Å². The van der Waals surface area contributed by atoms with E-state index in [0.717, 1.165) is 35.6 Å². The second-order valence-corrected chi connectivity index (χ2v) is 6.27. The molecule has 0 fully saturated rings. The van der Waals surface area contributed by atoms with Crippen LogP contribution < -0.4 is 14.4 Å². The van der Waals surface area contributed by atoms with Gasteiger partial charge in [-0.3, -0.25) is 4.99 Å². The van der Waals surface area contributed by atoms with Crippen molar-refractivity contribution >= 4 is 11.9 Å². The normalized spacial score (nSPS) is 14.0. The Morgan fingerprint density at radius 1 is 1.00 bits per heavy atom. The molecule has 0 amide bonds. The van der Waals surface area contributed by atoms with Crippen LogP contribution in [0.5, 0.6) is 11.5 Å². The van der Waals surface area contributed by atoms with Crippen LogP contribution in [0.1, 0.15) is 16.7 Å². The summed E-state index contributed by atoms with van der Waals surface area (Å²) in [6, 6.07) is 12.9. The quantitative estimate of drug-likeness (QED) is 0.791. The Morgan fingerprint density at radius 3 is 2.17 bits per heavy atom. The summed E-state index contributed by atoms with van der Waals surface area (Å²) in [5.74, 6) is 1.62. The van der Waals surface area contributed by atoms with E-state index >= 15 is 0 Å². The molecule has 1 aliphatic rings. The van der Waals surface area contributed by atoms with Gasteiger partial charge in [-0.15, -0.1) is 0 Å².